The number of aliphatic imine (C=N–C) groups is 1. The molecule has 1 unspecified atom stereocenters. The van der Waals surface area contributed by atoms with Gasteiger partial charge in [-0.05, 0) is 31.0 Å². The van der Waals surface area contributed by atoms with E-state index in [9.17, 15) is 5.26 Å². The summed E-state index contributed by atoms with van der Waals surface area (Å²) in [6.45, 7) is 4.99. The van der Waals surface area contributed by atoms with Crippen molar-refractivity contribution in [1.29, 1.82) is 5.26 Å². The van der Waals surface area contributed by atoms with Gasteiger partial charge in [0.15, 0.2) is 0 Å². The molecule has 2 saturated heterocycles. The molecule has 0 aliphatic carbocycles. The molecule has 0 N–H and O–H groups in total. The molecule has 2 aliphatic heterocycles. The molecule has 2 aromatic heterocycles. The van der Waals surface area contributed by atoms with Crippen LogP contribution in [0.2, 0.25) is 0 Å². The Hall–Kier alpha value is -3.09. The number of ether oxygens (including phenoxy) is 1. The Morgan fingerprint density at radius 3 is 2.87 bits per heavy atom. The summed E-state index contributed by atoms with van der Waals surface area (Å²) in [6, 6.07) is 6.43. The van der Waals surface area contributed by atoms with Crippen LogP contribution >= 0.6 is 11.3 Å². The number of thiazole rings is 1. The predicted molar refractivity (Wildman–Crippen MR) is 122 cm³/mol. The normalized spacial score (nSPS) is 20.1. The lowest BCUT2D eigenvalue weighted by atomic mass is 9.93. The zero-order valence-electron chi connectivity index (χ0n) is 17.1. The van der Waals surface area contributed by atoms with E-state index in [1.54, 1.807) is 12.5 Å². The van der Waals surface area contributed by atoms with Gasteiger partial charge in [-0.1, -0.05) is 0 Å². The molecule has 2 fully saturated rings. The van der Waals surface area contributed by atoms with Gasteiger partial charge in [-0.25, -0.2) is 15.0 Å². The lowest BCUT2D eigenvalue weighted by molar-refractivity contribution is 0.122. The summed E-state index contributed by atoms with van der Waals surface area (Å²) in [5, 5.41) is 13.0. The van der Waals surface area contributed by atoms with Gasteiger partial charge in [0.25, 0.3) is 0 Å². The van der Waals surface area contributed by atoms with E-state index in [4.69, 9.17) is 4.74 Å². The van der Waals surface area contributed by atoms with Crippen molar-refractivity contribution in [2.24, 2.45) is 10.9 Å². The molecular formula is C22H23N7OS. The highest BCUT2D eigenvalue weighted by Crippen LogP contribution is 2.31. The SMILES string of the molecule is N#C/N=C(/c1nccs1)C1CCCN(c2ncnc3cc(N4CCOCC4)ccc23)C1. The predicted octanol–water partition coefficient (Wildman–Crippen LogP) is 3.11. The summed E-state index contributed by atoms with van der Waals surface area (Å²) in [4.78, 5) is 22.3. The molecule has 5 rings (SSSR count). The van der Waals surface area contributed by atoms with Crippen LogP contribution in [0.5, 0.6) is 0 Å². The lowest BCUT2D eigenvalue weighted by Crippen LogP contribution is -2.39. The third-order valence-corrected chi connectivity index (χ3v) is 6.70. The largest absolute Gasteiger partial charge is 0.378 e. The molecule has 4 heterocycles. The molecule has 0 amide bonds. The van der Waals surface area contributed by atoms with Crippen molar-refractivity contribution in [3.05, 3.63) is 41.1 Å². The van der Waals surface area contributed by atoms with E-state index in [-0.39, 0.29) is 5.92 Å². The number of benzene rings is 1. The Labute approximate surface area is 184 Å². The molecule has 2 aliphatic rings. The van der Waals surface area contributed by atoms with Gasteiger partial charge < -0.3 is 14.5 Å². The molecular weight excluding hydrogens is 410 g/mol. The van der Waals surface area contributed by atoms with E-state index >= 15 is 0 Å². The minimum Gasteiger partial charge on any atom is -0.378 e. The summed E-state index contributed by atoms with van der Waals surface area (Å²) < 4.78 is 5.47. The number of hydrogen-bond acceptors (Lipinski definition) is 9. The Balaban J connectivity index is 1.43. The van der Waals surface area contributed by atoms with Crippen LogP contribution in [0.4, 0.5) is 11.5 Å². The smallest absolute Gasteiger partial charge is 0.206 e. The van der Waals surface area contributed by atoms with E-state index in [0.29, 0.717) is 0 Å². The first kappa shape index (κ1) is 19.8. The molecule has 0 saturated carbocycles. The molecule has 0 bridgehead atoms. The number of anilines is 2. The second-order valence-corrected chi connectivity index (χ2v) is 8.61. The van der Waals surface area contributed by atoms with E-state index < -0.39 is 0 Å². The fraction of sp³-hybridized carbons (Fsp3) is 0.409. The Bertz CT molecular complexity index is 1120. The minimum absolute atomic E-state index is 0.150. The summed E-state index contributed by atoms with van der Waals surface area (Å²) >= 11 is 1.53. The maximum absolute atomic E-state index is 9.22. The number of hydrogen-bond donors (Lipinski definition) is 0. The van der Waals surface area contributed by atoms with Gasteiger partial charge in [-0.3, -0.25) is 0 Å². The van der Waals surface area contributed by atoms with Gasteiger partial charge in [-0.15, -0.1) is 11.3 Å². The van der Waals surface area contributed by atoms with Crippen LogP contribution in [0, 0.1) is 17.4 Å². The van der Waals surface area contributed by atoms with Gasteiger partial charge in [-0.2, -0.15) is 10.3 Å². The summed E-state index contributed by atoms with van der Waals surface area (Å²) in [7, 11) is 0. The highest BCUT2D eigenvalue weighted by Gasteiger charge is 2.28. The average molecular weight is 434 g/mol. The second-order valence-electron chi connectivity index (χ2n) is 7.72. The first-order valence-corrected chi connectivity index (χ1v) is 11.4. The first-order chi connectivity index (χ1) is 15.3. The van der Waals surface area contributed by atoms with E-state index in [1.165, 1.54) is 17.0 Å². The molecule has 0 radical (unpaired) electrons. The van der Waals surface area contributed by atoms with Crippen LogP contribution in [0.15, 0.2) is 41.1 Å². The van der Waals surface area contributed by atoms with E-state index in [2.05, 4.69) is 47.9 Å². The first-order valence-electron chi connectivity index (χ1n) is 10.5. The van der Waals surface area contributed by atoms with Gasteiger partial charge >= 0.3 is 0 Å². The Kier molecular flexibility index (Phi) is 5.74. The Morgan fingerprint density at radius 1 is 1.16 bits per heavy atom. The molecule has 1 aromatic carbocycles. The number of rotatable bonds is 4. The number of piperidine rings is 1. The van der Waals surface area contributed by atoms with Crippen molar-refractivity contribution < 1.29 is 4.74 Å². The number of fused-ring (bicyclic) bond motifs is 1. The van der Waals surface area contributed by atoms with Crippen LogP contribution in [0.3, 0.4) is 0 Å². The van der Waals surface area contributed by atoms with E-state index in [0.717, 1.165) is 79.7 Å². The standard InChI is InChI=1S/C22H23N7OS/c23-14-25-20(22-24-5-11-31-22)16-2-1-6-29(13-16)21-18-4-3-17(12-19(18)26-15-27-21)28-7-9-30-10-8-28/h3-5,11-12,15-16H,1-2,6-10,13H2/b25-20+. The van der Waals surface area contributed by atoms with Gasteiger partial charge in [0.2, 0.25) is 6.19 Å². The van der Waals surface area contributed by atoms with Gasteiger partial charge in [0.05, 0.1) is 24.4 Å². The molecule has 0 spiro atoms. The van der Waals surface area contributed by atoms with Gasteiger partial charge in [0, 0.05) is 54.7 Å². The molecule has 3 aromatic rings. The van der Waals surface area contributed by atoms with Crippen molar-refractivity contribution in [3.8, 4) is 6.19 Å². The topological polar surface area (TPSA) is 90.5 Å². The van der Waals surface area contributed by atoms with Crippen LogP contribution in [-0.2, 0) is 4.74 Å². The third kappa shape index (κ3) is 4.09. The molecule has 1 atom stereocenters. The quantitative estimate of drug-likeness (QED) is 0.461. The van der Waals surface area contributed by atoms with Crippen molar-refractivity contribution in [3.63, 3.8) is 0 Å². The fourth-order valence-electron chi connectivity index (χ4n) is 4.41. The number of nitrogens with zero attached hydrogens (tertiary/aromatic N) is 7. The lowest BCUT2D eigenvalue weighted by Gasteiger charge is -2.34. The van der Waals surface area contributed by atoms with Crippen LogP contribution in [0.25, 0.3) is 10.9 Å². The van der Waals surface area contributed by atoms with Crippen LogP contribution < -0.4 is 9.80 Å². The maximum atomic E-state index is 9.22. The zero-order valence-corrected chi connectivity index (χ0v) is 18.0. The summed E-state index contributed by atoms with van der Waals surface area (Å²) in [6.07, 6.45) is 7.38. The number of morpholine rings is 1. The second kappa shape index (κ2) is 8.96. The van der Waals surface area contributed by atoms with Crippen molar-refractivity contribution >= 4 is 39.5 Å². The van der Waals surface area contributed by atoms with Crippen molar-refractivity contribution in [1.82, 2.24) is 15.0 Å². The fourth-order valence-corrected chi connectivity index (χ4v) is 5.12. The molecule has 8 nitrogen and oxygen atoms in total. The third-order valence-electron chi connectivity index (χ3n) is 5.90. The maximum Gasteiger partial charge on any atom is 0.206 e. The van der Waals surface area contributed by atoms with Crippen LogP contribution in [0.1, 0.15) is 17.8 Å². The Morgan fingerprint density at radius 2 is 2.06 bits per heavy atom. The molecule has 158 valence electrons. The molecule has 31 heavy (non-hydrogen) atoms. The summed E-state index contributed by atoms with van der Waals surface area (Å²) in [5.74, 6) is 1.09. The summed E-state index contributed by atoms with van der Waals surface area (Å²) in [5.41, 5.74) is 2.90. The van der Waals surface area contributed by atoms with Gasteiger partial charge in [0.1, 0.15) is 17.2 Å². The van der Waals surface area contributed by atoms with Crippen molar-refractivity contribution in [2.45, 2.75) is 12.8 Å². The number of nitriles is 1. The van der Waals surface area contributed by atoms with E-state index in [1.807, 2.05) is 11.6 Å². The minimum atomic E-state index is 0.150. The van der Waals surface area contributed by atoms with Crippen LogP contribution in [-0.4, -0.2) is 60.1 Å². The number of aromatic nitrogens is 3. The molecule has 9 heteroatoms. The average Bonchev–Trinajstić information content (AvgIpc) is 3.37. The highest BCUT2D eigenvalue weighted by atomic mass is 32.1. The monoisotopic (exact) mass is 433 g/mol. The highest BCUT2D eigenvalue weighted by molar-refractivity contribution is 7.11. The van der Waals surface area contributed by atoms with Crippen molar-refractivity contribution in [2.75, 3.05) is 49.2 Å². The zero-order chi connectivity index (χ0) is 21.0.